The lowest BCUT2D eigenvalue weighted by atomic mass is 9.85. The first-order valence-corrected chi connectivity index (χ1v) is 8.74. The number of likely N-dealkylation sites (N-methyl/N-ethyl adjacent to an activating group) is 1. The van der Waals surface area contributed by atoms with Gasteiger partial charge >= 0.3 is 5.97 Å². The van der Waals surface area contributed by atoms with Crippen molar-refractivity contribution < 1.29 is 14.3 Å². The number of aliphatic carboxylic acids is 1. The molecular weight excluding hydrogens is 377 g/mol. The van der Waals surface area contributed by atoms with Crippen LogP contribution in [0.25, 0.3) is 10.9 Å². The fourth-order valence-electron chi connectivity index (χ4n) is 3.21. The predicted octanol–water partition coefficient (Wildman–Crippen LogP) is 3.49. The Balaban J connectivity index is 1.72. The molecule has 2 N–H and O–H groups in total. The van der Waals surface area contributed by atoms with E-state index in [1.807, 2.05) is 11.8 Å². The van der Waals surface area contributed by atoms with E-state index in [0.29, 0.717) is 17.4 Å². The summed E-state index contributed by atoms with van der Waals surface area (Å²) in [6.45, 7) is 2.74. The molecule has 0 amide bonds. The van der Waals surface area contributed by atoms with E-state index in [-0.39, 0.29) is 24.4 Å². The summed E-state index contributed by atoms with van der Waals surface area (Å²) < 4.78 is 15.0. The molecule has 3 rings (SSSR count). The lowest BCUT2D eigenvalue weighted by molar-refractivity contribution is -0.139. The van der Waals surface area contributed by atoms with Gasteiger partial charge in [0.05, 0.1) is 17.4 Å². The Labute approximate surface area is 148 Å². The van der Waals surface area contributed by atoms with Crippen molar-refractivity contribution in [3.63, 3.8) is 0 Å². The normalized spacial score (nSPS) is 20.2. The van der Waals surface area contributed by atoms with Crippen LogP contribution in [-0.4, -0.2) is 46.1 Å². The highest BCUT2D eigenvalue weighted by molar-refractivity contribution is 9.10. The number of halogens is 2. The predicted molar refractivity (Wildman–Crippen MR) is 94.7 cm³/mol. The number of fused-ring (bicyclic) bond motifs is 1. The van der Waals surface area contributed by atoms with Gasteiger partial charge in [-0.05, 0) is 53.5 Å². The van der Waals surface area contributed by atoms with Crippen LogP contribution in [0.2, 0.25) is 0 Å². The second-order valence-electron chi connectivity index (χ2n) is 6.03. The lowest BCUT2D eigenvalue weighted by Crippen LogP contribution is -2.51. The lowest BCUT2D eigenvalue weighted by Gasteiger charge is -2.42. The Morgan fingerprint density at radius 2 is 2.21 bits per heavy atom. The summed E-state index contributed by atoms with van der Waals surface area (Å²) in [5, 5.41) is 12.8. The van der Waals surface area contributed by atoms with Gasteiger partial charge in [-0.25, -0.2) is 4.39 Å². The highest BCUT2D eigenvalue weighted by atomic mass is 79.9. The number of hydrogen-bond donors (Lipinski definition) is 2. The summed E-state index contributed by atoms with van der Waals surface area (Å²) in [5.41, 5.74) is 1.32. The minimum atomic E-state index is -0.805. The number of anilines is 1. The molecule has 1 aromatic heterocycles. The zero-order valence-electron chi connectivity index (χ0n) is 13.3. The second-order valence-corrected chi connectivity index (χ2v) is 6.89. The number of pyridine rings is 1. The maximum Gasteiger partial charge on any atom is 0.317 e. The first kappa shape index (κ1) is 17.1. The highest BCUT2D eigenvalue weighted by Gasteiger charge is 2.34. The molecule has 0 bridgehead atoms. The van der Waals surface area contributed by atoms with Crippen LogP contribution >= 0.6 is 15.9 Å². The number of carboxylic acid groups (broad SMARTS) is 1. The molecule has 0 radical (unpaired) electrons. The maximum atomic E-state index is 14.2. The smallest absolute Gasteiger partial charge is 0.317 e. The molecule has 0 spiro atoms. The van der Waals surface area contributed by atoms with Gasteiger partial charge in [0, 0.05) is 28.4 Å². The third-order valence-electron chi connectivity index (χ3n) is 4.53. The Kier molecular flexibility index (Phi) is 5.01. The van der Waals surface area contributed by atoms with E-state index in [4.69, 9.17) is 5.11 Å². The van der Waals surface area contributed by atoms with Crippen LogP contribution in [0, 0.1) is 5.82 Å². The van der Waals surface area contributed by atoms with Gasteiger partial charge in [0.1, 0.15) is 5.82 Å². The van der Waals surface area contributed by atoms with Crippen molar-refractivity contribution in [1.29, 1.82) is 0 Å². The Morgan fingerprint density at radius 3 is 2.88 bits per heavy atom. The fraction of sp³-hybridized carbons (Fsp3) is 0.412. The number of hydrogen-bond acceptors (Lipinski definition) is 4. The number of carbonyl (C=O) groups is 1. The van der Waals surface area contributed by atoms with Gasteiger partial charge < -0.3 is 10.4 Å². The van der Waals surface area contributed by atoms with Crippen LogP contribution in [0.15, 0.2) is 28.9 Å². The van der Waals surface area contributed by atoms with Crippen LogP contribution in [0.5, 0.6) is 0 Å². The van der Waals surface area contributed by atoms with Crippen LogP contribution < -0.4 is 5.32 Å². The molecule has 1 aliphatic rings. The Bertz CT molecular complexity index is 765. The number of aromatic nitrogens is 1. The van der Waals surface area contributed by atoms with Gasteiger partial charge in [0.25, 0.3) is 0 Å². The third-order valence-corrected chi connectivity index (χ3v) is 5.17. The Hall–Kier alpha value is -1.73. The molecule has 1 aromatic carbocycles. The van der Waals surface area contributed by atoms with Gasteiger partial charge in [-0.15, -0.1) is 0 Å². The quantitative estimate of drug-likeness (QED) is 0.783. The van der Waals surface area contributed by atoms with Crippen LogP contribution in [0.1, 0.15) is 19.8 Å². The first-order chi connectivity index (χ1) is 11.5. The van der Waals surface area contributed by atoms with Crippen molar-refractivity contribution in [2.45, 2.75) is 31.8 Å². The largest absolute Gasteiger partial charge is 0.480 e. The number of carboxylic acids is 1. The summed E-state index contributed by atoms with van der Waals surface area (Å²) in [4.78, 5) is 17.1. The van der Waals surface area contributed by atoms with E-state index in [2.05, 4.69) is 26.2 Å². The summed E-state index contributed by atoms with van der Waals surface area (Å²) in [6.07, 6.45) is 3.36. The molecule has 0 saturated heterocycles. The van der Waals surface area contributed by atoms with E-state index >= 15 is 0 Å². The average molecular weight is 396 g/mol. The molecule has 24 heavy (non-hydrogen) atoms. The topological polar surface area (TPSA) is 65.5 Å². The molecule has 5 nitrogen and oxygen atoms in total. The molecule has 0 aliphatic heterocycles. The van der Waals surface area contributed by atoms with Crippen molar-refractivity contribution in [2.75, 3.05) is 18.4 Å². The fourth-order valence-corrected chi connectivity index (χ4v) is 3.64. The van der Waals surface area contributed by atoms with Gasteiger partial charge in [-0.3, -0.25) is 14.7 Å². The summed E-state index contributed by atoms with van der Waals surface area (Å²) >= 11 is 3.40. The van der Waals surface area contributed by atoms with E-state index < -0.39 is 5.97 Å². The minimum Gasteiger partial charge on any atom is -0.480 e. The van der Waals surface area contributed by atoms with Gasteiger partial charge in [-0.2, -0.15) is 0 Å². The SMILES string of the molecule is CCN(CC(=O)O)C1CC(Nc2ccnc3c(Br)ccc(F)c23)C1. The zero-order valence-corrected chi connectivity index (χ0v) is 14.9. The van der Waals surface area contributed by atoms with E-state index in [1.165, 1.54) is 6.07 Å². The average Bonchev–Trinajstić information content (AvgIpc) is 2.52. The second kappa shape index (κ2) is 7.03. The van der Waals surface area contributed by atoms with E-state index in [1.54, 1.807) is 18.3 Å². The molecule has 7 heteroatoms. The zero-order chi connectivity index (χ0) is 17.3. The first-order valence-electron chi connectivity index (χ1n) is 7.94. The molecule has 0 atom stereocenters. The van der Waals surface area contributed by atoms with Crippen molar-refractivity contribution in [2.24, 2.45) is 0 Å². The number of nitrogens with one attached hydrogen (secondary N) is 1. The van der Waals surface area contributed by atoms with Crippen molar-refractivity contribution in [3.05, 3.63) is 34.7 Å². The molecule has 1 saturated carbocycles. The summed E-state index contributed by atoms with van der Waals surface area (Å²) in [6, 6.07) is 5.32. The third kappa shape index (κ3) is 3.37. The summed E-state index contributed by atoms with van der Waals surface area (Å²) in [5.74, 6) is -1.11. The van der Waals surface area contributed by atoms with Crippen LogP contribution in [0.4, 0.5) is 10.1 Å². The van der Waals surface area contributed by atoms with Crippen LogP contribution in [-0.2, 0) is 4.79 Å². The minimum absolute atomic E-state index is 0.0631. The van der Waals surface area contributed by atoms with Gasteiger partial charge in [-0.1, -0.05) is 6.92 Å². The molecule has 1 fully saturated rings. The van der Waals surface area contributed by atoms with Crippen molar-refractivity contribution >= 4 is 38.5 Å². The van der Waals surface area contributed by atoms with E-state index in [9.17, 15) is 9.18 Å². The molecule has 0 unspecified atom stereocenters. The molecule has 1 aliphatic carbocycles. The van der Waals surface area contributed by atoms with Crippen molar-refractivity contribution in [1.82, 2.24) is 9.88 Å². The molecular formula is C17H19BrFN3O2. The van der Waals surface area contributed by atoms with Gasteiger partial charge in [0.2, 0.25) is 0 Å². The number of benzene rings is 1. The van der Waals surface area contributed by atoms with E-state index in [0.717, 1.165) is 23.0 Å². The van der Waals surface area contributed by atoms with Crippen LogP contribution in [0.3, 0.4) is 0 Å². The number of nitrogens with zero attached hydrogens (tertiary/aromatic N) is 2. The standard InChI is InChI=1S/C17H19BrFN3O2/c1-2-22(9-15(23)24)11-7-10(8-11)21-14-5-6-20-17-12(18)3-4-13(19)16(14)17/h3-6,10-11H,2,7-9H2,1H3,(H,20,21)(H,23,24). The Morgan fingerprint density at radius 1 is 1.46 bits per heavy atom. The molecule has 1 heterocycles. The van der Waals surface area contributed by atoms with Crippen molar-refractivity contribution in [3.8, 4) is 0 Å². The maximum absolute atomic E-state index is 14.2. The molecule has 2 aromatic rings. The molecule has 128 valence electrons. The monoisotopic (exact) mass is 395 g/mol. The van der Waals surface area contributed by atoms with Gasteiger partial charge in [0.15, 0.2) is 0 Å². The number of rotatable bonds is 6. The summed E-state index contributed by atoms with van der Waals surface area (Å²) in [7, 11) is 0. The highest BCUT2D eigenvalue weighted by Crippen LogP contribution is 2.34.